The minimum absolute atomic E-state index is 0.142. The van der Waals surface area contributed by atoms with Gasteiger partial charge in [0.15, 0.2) is 5.11 Å². The highest BCUT2D eigenvalue weighted by Gasteiger charge is 2.13. The highest BCUT2D eigenvalue weighted by Crippen LogP contribution is 2.21. The van der Waals surface area contributed by atoms with Crippen LogP contribution in [-0.4, -0.2) is 17.7 Å². The lowest BCUT2D eigenvalue weighted by molar-refractivity contribution is 0.0526. The van der Waals surface area contributed by atoms with Gasteiger partial charge in [0, 0.05) is 5.69 Å². The molecule has 2 aromatic rings. The Kier molecular flexibility index (Phi) is 7.36. The van der Waals surface area contributed by atoms with Crippen LogP contribution in [0.25, 0.3) is 0 Å². The van der Waals surface area contributed by atoms with Crippen LogP contribution in [0.5, 0.6) is 0 Å². The fourth-order valence-electron chi connectivity index (χ4n) is 2.86. The second-order valence-electron chi connectivity index (χ2n) is 6.65. The Labute approximate surface area is 167 Å². The van der Waals surface area contributed by atoms with Gasteiger partial charge >= 0.3 is 5.97 Å². The number of thiocarbonyl (C=S) groups is 1. The van der Waals surface area contributed by atoms with Crippen LogP contribution in [0.15, 0.2) is 36.4 Å². The van der Waals surface area contributed by atoms with Gasteiger partial charge < -0.3 is 15.4 Å². The lowest BCUT2D eigenvalue weighted by atomic mass is 9.99. The van der Waals surface area contributed by atoms with E-state index in [-0.39, 0.29) is 12.0 Å². The molecule has 144 valence electrons. The molecule has 4 nitrogen and oxygen atoms in total. The quantitative estimate of drug-likeness (QED) is 0.528. The maximum atomic E-state index is 11.8. The van der Waals surface area contributed by atoms with Crippen LogP contribution in [0.3, 0.4) is 0 Å². The molecule has 0 unspecified atom stereocenters. The molecular weight excluding hydrogens is 356 g/mol. The van der Waals surface area contributed by atoms with Crippen molar-refractivity contribution in [3.63, 3.8) is 0 Å². The van der Waals surface area contributed by atoms with Crippen molar-refractivity contribution < 1.29 is 9.53 Å². The molecule has 0 aromatic heterocycles. The number of ether oxygens (including phenoxy) is 1. The summed E-state index contributed by atoms with van der Waals surface area (Å²) >= 11 is 5.51. The maximum absolute atomic E-state index is 11.8. The van der Waals surface area contributed by atoms with Gasteiger partial charge in [-0.2, -0.15) is 0 Å². The zero-order valence-corrected chi connectivity index (χ0v) is 17.5. The minimum Gasteiger partial charge on any atom is -0.462 e. The number of hydrogen-bond donors (Lipinski definition) is 2. The second kappa shape index (κ2) is 9.51. The Balaban J connectivity index is 2.07. The molecule has 0 amide bonds. The number of hydrogen-bond acceptors (Lipinski definition) is 3. The number of anilines is 1. The van der Waals surface area contributed by atoms with E-state index in [0.717, 1.165) is 17.7 Å². The fourth-order valence-corrected chi connectivity index (χ4v) is 3.12. The summed E-state index contributed by atoms with van der Waals surface area (Å²) in [6.07, 6.45) is 0.922. The van der Waals surface area contributed by atoms with E-state index in [9.17, 15) is 4.79 Å². The van der Waals surface area contributed by atoms with Gasteiger partial charge in [-0.3, -0.25) is 0 Å². The largest absolute Gasteiger partial charge is 0.462 e. The molecule has 1 atom stereocenters. The highest BCUT2D eigenvalue weighted by atomic mass is 32.1. The molecule has 0 saturated heterocycles. The van der Waals surface area contributed by atoms with Crippen molar-refractivity contribution in [1.82, 2.24) is 5.32 Å². The predicted octanol–water partition coefficient (Wildman–Crippen LogP) is 5.23. The molecule has 27 heavy (non-hydrogen) atoms. The molecule has 0 radical (unpaired) electrons. The van der Waals surface area contributed by atoms with Crippen molar-refractivity contribution in [2.45, 2.75) is 47.1 Å². The SMILES string of the molecule is CCOC(=O)c1ccc(NC(=S)N[C@@H](CC)c2ccc(C)c(C)c2)c(C)c1. The average Bonchev–Trinajstić information content (AvgIpc) is 2.64. The Hall–Kier alpha value is -2.40. The number of carbonyl (C=O) groups is 1. The average molecular weight is 385 g/mol. The molecule has 0 fully saturated rings. The normalized spacial score (nSPS) is 11.6. The Morgan fingerprint density at radius 2 is 1.78 bits per heavy atom. The van der Waals surface area contributed by atoms with Crippen molar-refractivity contribution in [1.29, 1.82) is 0 Å². The smallest absolute Gasteiger partial charge is 0.338 e. The van der Waals surface area contributed by atoms with Crippen LogP contribution in [-0.2, 0) is 4.74 Å². The third kappa shape index (κ3) is 5.54. The van der Waals surface area contributed by atoms with E-state index in [1.807, 2.05) is 19.1 Å². The van der Waals surface area contributed by atoms with Gasteiger partial charge in [-0.25, -0.2) is 4.79 Å². The van der Waals surface area contributed by atoms with Crippen molar-refractivity contribution >= 4 is 29.0 Å². The third-order valence-corrected chi connectivity index (χ3v) is 4.85. The number of aryl methyl sites for hydroxylation is 3. The Morgan fingerprint density at radius 1 is 1.04 bits per heavy atom. The van der Waals surface area contributed by atoms with Gasteiger partial charge in [0.2, 0.25) is 0 Å². The van der Waals surface area contributed by atoms with E-state index in [4.69, 9.17) is 17.0 Å². The monoisotopic (exact) mass is 384 g/mol. The molecular formula is C22H28N2O2S. The summed E-state index contributed by atoms with van der Waals surface area (Å²) in [6, 6.07) is 12.0. The van der Waals surface area contributed by atoms with Gasteiger partial charge in [0.05, 0.1) is 18.2 Å². The first-order valence-corrected chi connectivity index (χ1v) is 9.69. The van der Waals surface area contributed by atoms with E-state index in [0.29, 0.717) is 17.3 Å². The Morgan fingerprint density at radius 3 is 2.37 bits per heavy atom. The maximum Gasteiger partial charge on any atom is 0.338 e. The zero-order chi connectivity index (χ0) is 20.0. The van der Waals surface area contributed by atoms with Crippen LogP contribution >= 0.6 is 12.2 Å². The summed E-state index contributed by atoms with van der Waals surface area (Å²) in [5.41, 5.74) is 6.13. The molecule has 0 aliphatic heterocycles. The van der Waals surface area contributed by atoms with Crippen molar-refractivity contribution in [3.05, 3.63) is 64.2 Å². The van der Waals surface area contributed by atoms with Crippen LogP contribution in [0, 0.1) is 20.8 Å². The molecule has 2 aromatic carbocycles. The highest BCUT2D eigenvalue weighted by molar-refractivity contribution is 7.80. The van der Waals surface area contributed by atoms with Crippen LogP contribution in [0.1, 0.15) is 58.9 Å². The summed E-state index contributed by atoms with van der Waals surface area (Å²) in [5, 5.41) is 7.19. The molecule has 0 spiro atoms. The molecule has 0 aliphatic rings. The standard InChI is InChI=1S/C22H28N2O2S/c1-6-19(17-9-8-14(3)15(4)12-17)23-22(27)24-20-11-10-18(13-16(20)5)21(25)26-7-2/h8-13,19H,6-7H2,1-5H3,(H2,23,24,27)/t19-/m0/s1. The third-order valence-electron chi connectivity index (χ3n) is 4.63. The number of esters is 1. The number of carbonyl (C=O) groups excluding carboxylic acids is 1. The van der Waals surface area contributed by atoms with Crippen LogP contribution in [0.2, 0.25) is 0 Å². The van der Waals surface area contributed by atoms with Crippen molar-refractivity contribution in [2.24, 2.45) is 0 Å². The molecule has 2 rings (SSSR count). The summed E-state index contributed by atoms with van der Waals surface area (Å²) in [5.74, 6) is -0.311. The van der Waals surface area contributed by atoms with Gasteiger partial charge in [0.1, 0.15) is 0 Å². The number of benzene rings is 2. The number of nitrogens with one attached hydrogen (secondary N) is 2. The number of rotatable bonds is 6. The fraction of sp³-hybridized carbons (Fsp3) is 0.364. The molecule has 2 N–H and O–H groups in total. The van der Waals surface area contributed by atoms with E-state index in [1.54, 1.807) is 13.0 Å². The van der Waals surface area contributed by atoms with Gasteiger partial charge in [-0.15, -0.1) is 0 Å². The Bertz CT molecular complexity index is 833. The molecule has 0 aliphatic carbocycles. The molecule has 5 heteroatoms. The summed E-state index contributed by atoms with van der Waals surface area (Å²) in [4.78, 5) is 11.8. The van der Waals surface area contributed by atoms with Gasteiger partial charge in [0.25, 0.3) is 0 Å². The lowest BCUT2D eigenvalue weighted by Crippen LogP contribution is -2.32. The van der Waals surface area contributed by atoms with E-state index in [2.05, 4.69) is 49.6 Å². The first kappa shape index (κ1) is 20.9. The molecule has 0 bridgehead atoms. The first-order valence-electron chi connectivity index (χ1n) is 9.28. The van der Waals surface area contributed by atoms with E-state index >= 15 is 0 Å². The predicted molar refractivity (Wildman–Crippen MR) is 115 cm³/mol. The topological polar surface area (TPSA) is 50.4 Å². The van der Waals surface area contributed by atoms with Crippen LogP contribution in [0.4, 0.5) is 5.69 Å². The minimum atomic E-state index is -0.311. The van der Waals surface area contributed by atoms with Crippen LogP contribution < -0.4 is 10.6 Å². The molecule has 0 saturated carbocycles. The second-order valence-corrected chi connectivity index (χ2v) is 7.06. The lowest BCUT2D eigenvalue weighted by Gasteiger charge is -2.21. The summed E-state index contributed by atoms with van der Waals surface area (Å²) < 4.78 is 5.04. The van der Waals surface area contributed by atoms with E-state index in [1.165, 1.54) is 16.7 Å². The zero-order valence-electron chi connectivity index (χ0n) is 16.7. The first-order chi connectivity index (χ1) is 12.8. The molecule has 0 heterocycles. The van der Waals surface area contributed by atoms with Gasteiger partial charge in [-0.1, -0.05) is 25.1 Å². The van der Waals surface area contributed by atoms with E-state index < -0.39 is 0 Å². The summed E-state index contributed by atoms with van der Waals surface area (Å²) in [7, 11) is 0. The van der Waals surface area contributed by atoms with Crippen molar-refractivity contribution in [3.8, 4) is 0 Å². The van der Waals surface area contributed by atoms with Crippen molar-refractivity contribution in [2.75, 3.05) is 11.9 Å². The van der Waals surface area contributed by atoms with Gasteiger partial charge in [-0.05, 0) is 86.8 Å². The summed E-state index contributed by atoms with van der Waals surface area (Å²) in [6.45, 7) is 10.5.